The maximum Gasteiger partial charge on any atom is 0.0897 e. The van der Waals surface area contributed by atoms with Crippen LogP contribution in [0.4, 0.5) is 0 Å². The number of hydrogen-bond acceptors (Lipinski definition) is 3. The highest BCUT2D eigenvalue weighted by atomic mass is 16.5. The second kappa shape index (κ2) is 10.8. The van der Waals surface area contributed by atoms with E-state index in [4.69, 9.17) is 4.74 Å². The molecule has 0 saturated carbocycles. The summed E-state index contributed by atoms with van der Waals surface area (Å²) in [7, 11) is 0. The van der Waals surface area contributed by atoms with Crippen molar-refractivity contribution in [2.45, 2.75) is 52.2 Å². The van der Waals surface area contributed by atoms with Crippen LogP contribution in [0.15, 0.2) is 12.7 Å². The summed E-state index contributed by atoms with van der Waals surface area (Å²) < 4.78 is 5.43. The predicted molar refractivity (Wildman–Crippen MR) is 73.2 cm³/mol. The van der Waals surface area contributed by atoms with Crippen molar-refractivity contribution in [1.82, 2.24) is 5.32 Å². The maximum absolute atomic E-state index is 9.66. The van der Waals surface area contributed by atoms with Gasteiger partial charge < -0.3 is 15.2 Å². The Balaban J connectivity index is 3.34. The van der Waals surface area contributed by atoms with Crippen molar-refractivity contribution >= 4 is 0 Å². The third-order valence-corrected chi connectivity index (χ3v) is 2.60. The Morgan fingerprint density at radius 3 is 2.65 bits per heavy atom. The van der Waals surface area contributed by atoms with Gasteiger partial charge in [0.15, 0.2) is 0 Å². The fourth-order valence-electron chi connectivity index (χ4n) is 1.54. The molecule has 0 rings (SSSR count). The normalized spacial score (nSPS) is 14.9. The summed E-state index contributed by atoms with van der Waals surface area (Å²) in [4.78, 5) is 0. The topological polar surface area (TPSA) is 41.5 Å². The lowest BCUT2D eigenvalue weighted by atomic mass is 10.1. The first-order valence-corrected chi connectivity index (χ1v) is 6.66. The molecule has 0 radical (unpaired) electrons. The van der Waals surface area contributed by atoms with Crippen LogP contribution < -0.4 is 5.32 Å². The largest absolute Gasteiger partial charge is 0.389 e. The highest BCUT2D eigenvalue weighted by molar-refractivity contribution is 4.75. The summed E-state index contributed by atoms with van der Waals surface area (Å²) in [5.74, 6) is 0.727. The van der Waals surface area contributed by atoms with Gasteiger partial charge in [0.25, 0.3) is 0 Å². The third-order valence-electron chi connectivity index (χ3n) is 2.60. The lowest BCUT2D eigenvalue weighted by Gasteiger charge is -2.16. The summed E-state index contributed by atoms with van der Waals surface area (Å²) in [5.41, 5.74) is 0. The SMILES string of the molecule is C=CCC(C)NCC(O)COCCCC(C)C. The zero-order chi connectivity index (χ0) is 13.1. The quantitative estimate of drug-likeness (QED) is 0.432. The highest BCUT2D eigenvalue weighted by Gasteiger charge is 2.06. The van der Waals surface area contributed by atoms with Gasteiger partial charge in [-0.25, -0.2) is 0 Å². The van der Waals surface area contributed by atoms with E-state index in [1.54, 1.807) is 0 Å². The molecule has 2 atom stereocenters. The number of nitrogens with one attached hydrogen (secondary N) is 1. The third kappa shape index (κ3) is 11.9. The van der Waals surface area contributed by atoms with Gasteiger partial charge in [0, 0.05) is 19.2 Å². The molecule has 3 nitrogen and oxygen atoms in total. The van der Waals surface area contributed by atoms with Crippen LogP contribution in [0.5, 0.6) is 0 Å². The Morgan fingerprint density at radius 1 is 1.35 bits per heavy atom. The Morgan fingerprint density at radius 2 is 2.06 bits per heavy atom. The minimum Gasteiger partial charge on any atom is -0.389 e. The molecule has 0 aromatic heterocycles. The molecule has 0 aliphatic heterocycles. The van der Waals surface area contributed by atoms with Crippen molar-refractivity contribution in [3.05, 3.63) is 12.7 Å². The number of rotatable bonds is 11. The second-order valence-electron chi connectivity index (χ2n) is 5.10. The van der Waals surface area contributed by atoms with E-state index in [2.05, 4.69) is 32.7 Å². The highest BCUT2D eigenvalue weighted by Crippen LogP contribution is 2.03. The number of aliphatic hydroxyl groups excluding tert-OH is 1. The second-order valence-corrected chi connectivity index (χ2v) is 5.10. The predicted octanol–water partition coefficient (Wildman–Crippen LogP) is 2.35. The van der Waals surface area contributed by atoms with Crippen LogP contribution >= 0.6 is 0 Å². The van der Waals surface area contributed by atoms with Gasteiger partial charge in [-0.15, -0.1) is 6.58 Å². The van der Waals surface area contributed by atoms with Gasteiger partial charge in [0.1, 0.15) is 0 Å². The smallest absolute Gasteiger partial charge is 0.0897 e. The fourth-order valence-corrected chi connectivity index (χ4v) is 1.54. The molecule has 0 aromatic rings. The van der Waals surface area contributed by atoms with Crippen molar-refractivity contribution in [2.24, 2.45) is 5.92 Å². The van der Waals surface area contributed by atoms with Gasteiger partial charge in [-0.3, -0.25) is 0 Å². The summed E-state index contributed by atoms with van der Waals surface area (Å²) in [6.07, 6.45) is 4.64. The van der Waals surface area contributed by atoms with E-state index in [0.717, 1.165) is 25.4 Å². The fraction of sp³-hybridized carbons (Fsp3) is 0.857. The van der Waals surface area contributed by atoms with Gasteiger partial charge in [-0.2, -0.15) is 0 Å². The first-order valence-electron chi connectivity index (χ1n) is 6.66. The Labute approximate surface area is 106 Å². The molecule has 0 aromatic carbocycles. The average Bonchev–Trinajstić information content (AvgIpc) is 2.26. The standard InChI is InChI=1S/C14H29NO2/c1-5-7-13(4)15-10-14(16)11-17-9-6-8-12(2)3/h5,12-16H,1,6-11H2,2-4H3. The van der Waals surface area contributed by atoms with Crippen LogP contribution in [-0.2, 0) is 4.74 Å². The first-order chi connectivity index (χ1) is 8.06. The van der Waals surface area contributed by atoms with Crippen LogP contribution in [0.1, 0.15) is 40.0 Å². The zero-order valence-corrected chi connectivity index (χ0v) is 11.6. The molecule has 0 saturated heterocycles. The van der Waals surface area contributed by atoms with E-state index in [9.17, 15) is 5.11 Å². The van der Waals surface area contributed by atoms with Crippen LogP contribution in [0.3, 0.4) is 0 Å². The minimum atomic E-state index is -0.415. The maximum atomic E-state index is 9.66. The van der Waals surface area contributed by atoms with E-state index >= 15 is 0 Å². The monoisotopic (exact) mass is 243 g/mol. The van der Waals surface area contributed by atoms with Crippen LogP contribution in [0.25, 0.3) is 0 Å². The molecule has 2 unspecified atom stereocenters. The molecule has 0 bridgehead atoms. The number of aliphatic hydroxyl groups is 1. The molecule has 0 aliphatic rings. The van der Waals surface area contributed by atoms with Gasteiger partial charge in [-0.05, 0) is 32.1 Å². The van der Waals surface area contributed by atoms with Crippen LogP contribution in [0.2, 0.25) is 0 Å². The summed E-state index contributed by atoms with van der Waals surface area (Å²) in [5, 5.41) is 12.9. The van der Waals surface area contributed by atoms with Crippen molar-refractivity contribution in [3.63, 3.8) is 0 Å². The van der Waals surface area contributed by atoms with Crippen molar-refractivity contribution < 1.29 is 9.84 Å². The average molecular weight is 243 g/mol. The van der Waals surface area contributed by atoms with Gasteiger partial charge >= 0.3 is 0 Å². The summed E-state index contributed by atoms with van der Waals surface area (Å²) in [6.45, 7) is 11.9. The van der Waals surface area contributed by atoms with Gasteiger partial charge in [0.2, 0.25) is 0 Å². The minimum absolute atomic E-state index is 0.364. The Bertz CT molecular complexity index is 183. The number of hydrogen-bond donors (Lipinski definition) is 2. The lowest BCUT2D eigenvalue weighted by molar-refractivity contribution is 0.0337. The van der Waals surface area contributed by atoms with E-state index < -0.39 is 6.10 Å². The summed E-state index contributed by atoms with van der Waals surface area (Å²) >= 11 is 0. The first kappa shape index (κ1) is 16.6. The van der Waals surface area contributed by atoms with Crippen molar-refractivity contribution in [1.29, 1.82) is 0 Å². The van der Waals surface area contributed by atoms with Gasteiger partial charge in [0.05, 0.1) is 12.7 Å². The molecule has 0 aliphatic carbocycles. The van der Waals surface area contributed by atoms with Crippen LogP contribution in [-0.4, -0.2) is 37.0 Å². The van der Waals surface area contributed by atoms with E-state index in [0.29, 0.717) is 19.2 Å². The molecular weight excluding hydrogens is 214 g/mol. The zero-order valence-electron chi connectivity index (χ0n) is 11.6. The molecule has 17 heavy (non-hydrogen) atoms. The van der Waals surface area contributed by atoms with E-state index in [-0.39, 0.29) is 0 Å². The number of ether oxygens (including phenoxy) is 1. The van der Waals surface area contributed by atoms with Crippen molar-refractivity contribution in [2.75, 3.05) is 19.8 Å². The van der Waals surface area contributed by atoms with Gasteiger partial charge in [-0.1, -0.05) is 19.9 Å². The molecule has 102 valence electrons. The van der Waals surface area contributed by atoms with E-state index in [1.807, 2.05) is 6.08 Å². The lowest BCUT2D eigenvalue weighted by Crippen LogP contribution is -2.35. The molecule has 0 fully saturated rings. The molecule has 0 heterocycles. The van der Waals surface area contributed by atoms with E-state index in [1.165, 1.54) is 6.42 Å². The Hall–Kier alpha value is -0.380. The molecule has 0 amide bonds. The van der Waals surface area contributed by atoms with Crippen molar-refractivity contribution in [3.8, 4) is 0 Å². The molecular formula is C14H29NO2. The Kier molecular flexibility index (Phi) is 10.5. The summed E-state index contributed by atoms with van der Waals surface area (Å²) in [6, 6.07) is 0.364. The molecule has 3 heteroatoms. The molecule has 0 spiro atoms. The van der Waals surface area contributed by atoms with Crippen LogP contribution in [0, 0.1) is 5.92 Å². The molecule has 2 N–H and O–H groups in total.